The molecule has 146 valence electrons. The third kappa shape index (κ3) is 4.15. The maximum atomic E-state index is 12.3. The Labute approximate surface area is 166 Å². The zero-order valence-electron chi connectivity index (χ0n) is 15.7. The topological polar surface area (TPSA) is 101 Å². The first kappa shape index (κ1) is 19.4. The van der Waals surface area contributed by atoms with Gasteiger partial charge in [-0.1, -0.05) is 0 Å². The number of hydrazone groups is 1. The van der Waals surface area contributed by atoms with Crippen LogP contribution in [0.15, 0.2) is 35.4 Å². The summed E-state index contributed by atoms with van der Waals surface area (Å²) in [4.78, 5) is 18.3. The molecule has 0 spiro atoms. The number of H-pyrrole nitrogens is 2. The van der Waals surface area contributed by atoms with Crippen molar-refractivity contribution < 1.29 is 19.0 Å². The van der Waals surface area contributed by atoms with Crippen LogP contribution in [0.2, 0.25) is 0 Å². The monoisotopic (exact) mass is 400 g/mol. The molecule has 0 aliphatic carbocycles. The number of hydrogen-bond donors (Lipinski definition) is 3. The van der Waals surface area contributed by atoms with Gasteiger partial charge < -0.3 is 24.2 Å². The van der Waals surface area contributed by atoms with E-state index in [1.807, 2.05) is 6.92 Å². The van der Waals surface area contributed by atoms with Crippen LogP contribution in [-0.2, 0) is 0 Å². The minimum absolute atomic E-state index is 0.344. The minimum atomic E-state index is -0.344. The third-order valence-corrected chi connectivity index (χ3v) is 4.13. The number of imidazole rings is 1. The van der Waals surface area contributed by atoms with Crippen LogP contribution in [0, 0.1) is 4.77 Å². The van der Waals surface area contributed by atoms with Crippen molar-refractivity contribution in [3.63, 3.8) is 0 Å². The van der Waals surface area contributed by atoms with Crippen LogP contribution < -0.4 is 19.6 Å². The second-order valence-electron chi connectivity index (χ2n) is 5.73. The molecular weight excluding hydrogens is 380 g/mol. The quantitative estimate of drug-likeness (QED) is 0.321. The summed E-state index contributed by atoms with van der Waals surface area (Å²) in [6, 6.07) is 8.66. The fraction of sp³-hybridized carbons (Fsp3) is 0.211. The molecule has 0 aliphatic heterocycles. The average Bonchev–Trinajstić information content (AvgIpc) is 3.07. The lowest BCUT2D eigenvalue weighted by atomic mass is 10.2. The molecule has 0 saturated heterocycles. The molecule has 3 aromatic rings. The first-order valence-electron chi connectivity index (χ1n) is 8.50. The molecule has 1 aromatic heterocycles. The van der Waals surface area contributed by atoms with Crippen LogP contribution in [-0.4, -0.2) is 42.9 Å². The van der Waals surface area contributed by atoms with Crippen molar-refractivity contribution in [2.45, 2.75) is 6.92 Å². The molecule has 0 atom stereocenters. The molecule has 0 saturated carbocycles. The summed E-state index contributed by atoms with van der Waals surface area (Å²) in [6.07, 6.45) is 1.50. The number of ether oxygens (including phenoxy) is 3. The Hall–Kier alpha value is -3.33. The van der Waals surface area contributed by atoms with E-state index in [9.17, 15) is 4.79 Å². The summed E-state index contributed by atoms with van der Waals surface area (Å²) >= 11 is 5.05. The van der Waals surface area contributed by atoms with E-state index in [0.29, 0.717) is 39.8 Å². The van der Waals surface area contributed by atoms with Crippen LogP contribution in [0.5, 0.6) is 17.2 Å². The summed E-state index contributed by atoms with van der Waals surface area (Å²) < 4.78 is 16.8. The number of benzene rings is 2. The van der Waals surface area contributed by atoms with Gasteiger partial charge in [-0.15, -0.1) is 0 Å². The number of amides is 1. The minimum Gasteiger partial charge on any atom is -0.493 e. The van der Waals surface area contributed by atoms with Gasteiger partial charge in [-0.05, 0) is 49.5 Å². The van der Waals surface area contributed by atoms with Crippen molar-refractivity contribution in [3.05, 3.63) is 46.2 Å². The average molecular weight is 400 g/mol. The second-order valence-corrected chi connectivity index (χ2v) is 6.13. The van der Waals surface area contributed by atoms with Gasteiger partial charge in [0.05, 0.1) is 38.1 Å². The van der Waals surface area contributed by atoms with Gasteiger partial charge in [0.1, 0.15) is 0 Å². The Morgan fingerprint density at radius 3 is 2.46 bits per heavy atom. The molecule has 2 aromatic carbocycles. The molecule has 0 radical (unpaired) electrons. The van der Waals surface area contributed by atoms with Gasteiger partial charge >= 0.3 is 0 Å². The zero-order valence-corrected chi connectivity index (χ0v) is 16.5. The lowest BCUT2D eigenvalue weighted by Gasteiger charge is -2.14. The number of aromatic nitrogens is 2. The van der Waals surface area contributed by atoms with E-state index in [2.05, 4.69) is 20.5 Å². The van der Waals surface area contributed by atoms with Crippen molar-refractivity contribution >= 4 is 35.4 Å². The third-order valence-electron chi connectivity index (χ3n) is 3.93. The van der Waals surface area contributed by atoms with Crippen LogP contribution >= 0.6 is 12.2 Å². The van der Waals surface area contributed by atoms with Gasteiger partial charge in [0.15, 0.2) is 16.3 Å². The lowest BCUT2D eigenvalue weighted by molar-refractivity contribution is 0.0955. The standard InChI is InChI=1S/C19H20N4O4S/c1-4-27-17-15(25-2)7-11(8-16(17)26-3)10-20-23-18(24)12-5-6-13-14(9-12)22-19(28)21-13/h5-10H,4H2,1-3H3,(H,23,24)(H2,21,22,28)/b20-10-. The molecule has 1 amide bonds. The highest BCUT2D eigenvalue weighted by Crippen LogP contribution is 2.38. The van der Waals surface area contributed by atoms with E-state index in [1.165, 1.54) is 6.21 Å². The predicted molar refractivity (Wildman–Crippen MR) is 109 cm³/mol. The van der Waals surface area contributed by atoms with Gasteiger partial charge in [0, 0.05) is 11.1 Å². The van der Waals surface area contributed by atoms with E-state index in [-0.39, 0.29) is 5.91 Å². The number of nitrogens with one attached hydrogen (secondary N) is 3. The number of fused-ring (bicyclic) bond motifs is 1. The number of aromatic amines is 2. The first-order valence-corrected chi connectivity index (χ1v) is 8.90. The predicted octanol–water partition coefficient (Wildman–Crippen LogP) is 3.41. The van der Waals surface area contributed by atoms with Gasteiger partial charge in [0.2, 0.25) is 5.75 Å². The Morgan fingerprint density at radius 1 is 1.14 bits per heavy atom. The number of methoxy groups -OCH3 is 2. The van der Waals surface area contributed by atoms with Gasteiger partial charge in [-0.2, -0.15) is 5.10 Å². The molecular formula is C19H20N4O4S. The number of hydrogen-bond acceptors (Lipinski definition) is 6. The number of nitrogens with zero attached hydrogens (tertiary/aromatic N) is 1. The smallest absolute Gasteiger partial charge is 0.271 e. The Morgan fingerprint density at radius 2 is 1.82 bits per heavy atom. The fourth-order valence-electron chi connectivity index (χ4n) is 2.67. The van der Waals surface area contributed by atoms with Crippen molar-refractivity contribution in [2.75, 3.05) is 20.8 Å². The Kier molecular flexibility index (Phi) is 5.95. The molecule has 28 heavy (non-hydrogen) atoms. The molecule has 0 bridgehead atoms. The zero-order chi connectivity index (χ0) is 20.1. The maximum Gasteiger partial charge on any atom is 0.271 e. The molecule has 0 fully saturated rings. The van der Waals surface area contributed by atoms with Crippen LogP contribution in [0.3, 0.4) is 0 Å². The summed E-state index contributed by atoms with van der Waals surface area (Å²) in [5, 5.41) is 4.01. The summed E-state index contributed by atoms with van der Waals surface area (Å²) in [5.41, 5.74) is 5.22. The first-order chi connectivity index (χ1) is 13.5. The highest BCUT2D eigenvalue weighted by molar-refractivity contribution is 7.71. The highest BCUT2D eigenvalue weighted by atomic mass is 32.1. The van der Waals surface area contributed by atoms with Gasteiger partial charge in [0.25, 0.3) is 5.91 Å². The Balaban J connectivity index is 1.77. The second kappa shape index (κ2) is 8.57. The van der Waals surface area contributed by atoms with Gasteiger partial charge in [-0.25, -0.2) is 5.43 Å². The molecule has 9 heteroatoms. The van der Waals surface area contributed by atoms with E-state index in [0.717, 1.165) is 11.0 Å². The van der Waals surface area contributed by atoms with E-state index in [1.54, 1.807) is 44.6 Å². The van der Waals surface area contributed by atoms with Crippen LogP contribution in [0.1, 0.15) is 22.8 Å². The van der Waals surface area contributed by atoms with Crippen molar-refractivity contribution in [3.8, 4) is 17.2 Å². The molecule has 0 aliphatic rings. The number of carbonyl (C=O) groups excluding carboxylic acids is 1. The van der Waals surface area contributed by atoms with E-state index in [4.69, 9.17) is 26.4 Å². The molecule has 1 heterocycles. The van der Waals surface area contributed by atoms with Crippen molar-refractivity contribution in [1.29, 1.82) is 0 Å². The summed E-state index contributed by atoms with van der Waals surface area (Å²) in [7, 11) is 3.09. The highest BCUT2D eigenvalue weighted by Gasteiger charge is 2.13. The molecule has 3 rings (SSSR count). The van der Waals surface area contributed by atoms with Crippen LogP contribution in [0.25, 0.3) is 11.0 Å². The molecule has 3 N–H and O–H groups in total. The number of rotatable bonds is 7. The largest absolute Gasteiger partial charge is 0.493 e. The van der Waals surface area contributed by atoms with Crippen molar-refractivity contribution in [1.82, 2.24) is 15.4 Å². The molecule has 0 unspecified atom stereocenters. The number of carbonyl (C=O) groups is 1. The summed E-state index contributed by atoms with van der Waals surface area (Å²) in [5.74, 6) is 1.21. The maximum absolute atomic E-state index is 12.3. The lowest BCUT2D eigenvalue weighted by Crippen LogP contribution is -2.17. The summed E-state index contributed by atoms with van der Waals surface area (Å²) in [6.45, 7) is 2.36. The van der Waals surface area contributed by atoms with E-state index >= 15 is 0 Å². The molecule has 8 nitrogen and oxygen atoms in total. The van der Waals surface area contributed by atoms with E-state index < -0.39 is 0 Å². The Bertz CT molecular complexity index is 1060. The normalized spacial score (nSPS) is 11.0. The van der Waals surface area contributed by atoms with Gasteiger partial charge in [-0.3, -0.25) is 4.79 Å². The van der Waals surface area contributed by atoms with Crippen molar-refractivity contribution in [2.24, 2.45) is 5.10 Å². The SMILES string of the molecule is CCOc1c(OC)cc(/C=N\NC(=O)c2ccc3[nH]c(=S)[nH]c3c2)cc1OC. The van der Waals surface area contributed by atoms with Crippen LogP contribution in [0.4, 0.5) is 0 Å². The fourth-order valence-corrected chi connectivity index (χ4v) is 2.89.